The Hall–Kier alpha value is -1.81. The lowest BCUT2D eigenvalue weighted by atomic mass is 9.98. The number of benzene rings is 1. The maximum Gasteiger partial charge on any atom is 0.223 e. The SMILES string of the molecule is CC1CC(N)CCN1C(=O)CCc1c[nH]c2ccccc12. The van der Waals surface area contributed by atoms with E-state index in [9.17, 15) is 4.79 Å². The van der Waals surface area contributed by atoms with Gasteiger partial charge in [-0.3, -0.25) is 4.79 Å². The zero-order valence-electron chi connectivity index (χ0n) is 12.5. The average molecular weight is 285 g/mol. The number of aryl methyl sites for hydroxylation is 1. The minimum atomic E-state index is 0.248. The van der Waals surface area contributed by atoms with E-state index in [0.29, 0.717) is 6.42 Å². The van der Waals surface area contributed by atoms with Crippen molar-refractivity contribution in [1.29, 1.82) is 0 Å². The van der Waals surface area contributed by atoms with Crippen LogP contribution in [0.25, 0.3) is 10.9 Å². The summed E-state index contributed by atoms with van der Waals surface area (Å²) in [6, 6.07) is 8.74. The van der Waals surface area contributed by atoms with Gasteiger partial charge in [0.1, 0.15) is 0 Å². The molecule has 1 aromatic heterocycles. The molecule has 0 saturated carbocycles. The van der Waals surface area contributed by atoms with Gasteiger partial charge in [0, 0.05) is 42.1 Å². The predicted octanol–water partition coefficient (Wildman–Crippen LogP) is 2.44. The third kappa shape index (κ3) is 2.95. The van der Waals surface area contributed by atoms with Gasteiger partial charge < -0.3 is 15.6 Å². The highest BCUT2D eigenvalue weighted by Crippen LogP contribution is 2.21. The van der Waals surface area contributed by atoms with Crippen LogP contribution in [0.4, 0.5) is 0 Å². The fraction of sp³-hybridized carbons (Fsp3) is 0.471. The highest BCUT2D eigenvalue weighted by Gasteiger charge is 2.26. The second-order valence-electron chi connectivity index (χ2n) is 6.08. The number of hydrogen-bond acceptors (Lipinski definition) is 2. The lowest BCUT2D eigenvalue weighted by Gasteiger charge is -2.36. The molecule has 4 nitrogen and oxygen atoms in total. The van der Waals surface area contributed by atoms with Gasteiger partial charge in [-0.05, 0) is 37.8 Å². The lowest BCUT2D eigenvalue weighted by Crippen LogP contribution is -2.48. The molecule has 1 amide bonds. The Morgan fingerprint density at radius 1 is 1.43 bits per heavy atom. The molecule has 1 aliphatic heterocycles. The van der Waals surface area contributed by atoms with E-state index < -0.39 is 0 Å². The van der Waals surface area contributed by atoms with Crippen LogP contribution in [-0.2, 0) is 11.2 Å². The number of piperidine rings is 1. The van der Waals surface area contributed by atoms with Crippen LogP contribution in [0.3, 0.4) is 0 Å². The van der Waals surface area contributed by atoms with Gasteiger partial charge in [0.15, 0.2) is 0 Å². The minimum Gasteiger partial charge on any atom is -0.361 e. The van der Waals surface area contributed by atoms with Crippen LogP contribution in [0.2, 0.25) is 0 Å². The van der Waals surface area contributed by atoms with E-state index in [2.05, 4.69) is 24.0 Å². The zero-order valence-corrected chi connectivity index (χ0v) is 12.5. The van der Waals surface area contributed by atoms with Crippen LogP contribution < -0.4 is 5.73 Å². The van der Waals surface area contributed by atoms with Crippen LogP contribution in [0, 0.1) is 0 Å². The van der Waals surface area contributed by atoms with E-state index in [0.717, 1.165) is 31.3 Å². The smallest absolute Gasteiger partial charge is 0.223 e. The van der Waals surface area contributed by atoms with Gasteiger partial charge in [-0.15, -0.1) is 0 Å². The van der Waals surface area contributed by atoms with Crippen molar-refractivity contribution in [2.24, 2.45) is 5.73 Å². The van der Waals surface area contributed by atoms with E-state index in [1.165, 1.54) is 10.9 Å². The van der Waals surface area contributed by atoms with Crippen LogP contribution >= 0.6 is 0 Å². The normalized spacial score (nSPS) is 22.7. The number of hydrogen-bond donors (Lipinski definition) is 2. The van der Waals surface area contributed by atoms with E-state index in [-0.39, 0.29) is 18.0 Å². The van der Waals surface area contributed by atoms with Crippen molar-refractivity contribution in [2.45, 2.75) is 44.7 Å². The Labute approximate surface area is 125 Å². The molecule has 0 radical (unpaired) electrons. The van der Waals surface area contributed by atoms with Crippen LogP contribution in [0.1, 0.15) is 31.7 Å². The highest BCUT2D eigenvalue weighted by molar-refractivity contribution is 5.84. The molecular weight excluding hydrogens is 262 g/mol. The lowest BCUT2D eigenvalue weighted by molar-refractivity contribution is -0.134. The van der Waals surface area contributed by atoms with Crippen molar-refractivity contribution < 1.29 is 4.79 Å². The summed E-state index contributed by atoms with van der Waals surface area (Å²) in [7, 11) is 0. The number of likely N-dealkylation sites (tertiary alicyclic amines) is 1. The quantitative estimate of drug-likeness (QED) is 0.910. The third-order valence-corrected chi connectivity index (χ3v) is 4.52. The first-order valence-electron chi connectivity index (χ1n) is 7.75. The molecule has 1 aliphatic rings. The van der Waals surface area contributed by atoms with E-state index >= 15 is 0 Å². The molecule has 2 atom stereocenters. The van der Waals surface area contributed by atoms with Gasteiger partial charge in [0.25, 0.3) is 0 Å². The summed E-state index contributed by atoms with van der Waals surface area (Å²) in [6.07, 6.45) is 5.22. The Morgan fingerprint density at radius 2 is 2.24 bits per heavy atom. The summed E-state index contributed by atoms with van der Waals surface area (Å²) in [5.41, 5.74) is 8.32. The number of aromatic amines is 1. The first-order chi connectivity index (χ1) is 10.1. The second kappa shape index (κ2) is 5.90. The van der Waals surface area contributed by atoms with Crippen molar-refractivity contribution in [2.75, 3.05) is 6.54 Å². The summed E-state index contributed by atoms with van der Waals surface area (Å²) in [6.45, 7) is 2.90. The Bertz CT molecular complexity index is 634. The first-order valence-corrected chi connectivity index (χ1v) is 7.75. The van der Waals surface area contributed by atoms with Crippen molar-refractivity contribution in [3.05, 3.63) is 36.0 Å². The fourth-order valence-electron chi connectivity index (χ4n) is 3.30. The zero-order chi connectivity index (χ0) is 14.8. The van der Waals surface area contributed by atoms with Gasteiger partial charge in [0.2, 0.25) is 5.91 Å². The number of amides is 1. The average Bonchev–Trinajstić information content (AvgIpc) is 2.88. The number of rotatable bonds is 3. The molecule has 3 N–H and O–H groups in total. The van der Waals surface area contributed by atoms with Crippen molar-refractivity contribution in [1.82, 2.24) is 9.88 Å². The number of nitrogens with zero attached hydrogens (tertiary/aromatic N) is 1. The van der Waals surface area contributed by atoms with E-state index in [1.54, 1.807) is 0 Å². The number of H-pyrrole nitrogens is 1. The van der Waals surface area contributed by atoms with Gasteiger partial charge >= 0.3 is 0 Å². The molecule has 1 fully saturated rings. The number of aromatic nitrogens is 1. The Morgan fingerprint density at radius 3 is 3.05 bits per heavy atom. The molecule has 3 rings (SSSR count). The van der Waals surface area contributed by atoms with Crippen LogP contribution in [-0.4, -0.2) is 34.4 Å². The topological polar surface area (TPSA) is 62.1 Å². The van der Waals surface area contributed by atoms with Gasteiger partial charge in [-0.2, -0.15) is 0 Å². The molecule has 1 saturated heterocycles. The maximum atomic E-state index is 12.4. The molecule has 2 heterocycles. The molecule has 0 bridgehead atoms. The summed E-state index contributed by atoms with van der Waals surface area (Å²) in [5, 5.41) is 1.22. The number of carbonyl (C=O) groups excluding carboxylic acids is 1. The molecule has 4 heteroatoms. The van der Waals surface area contributed by atoms with E-state index in [4.69, 9.17) is 5.73 Å². The second-order valence-corrected chi connectivity index (χ2v) is 6.08. The van der Waals surface area contributed by atoms with Gasteiger partial charge in [-0.25, -0.2) is 0 Å². The summed E-state index contributed by atoms with van der Waals surface area (Å²) in [5.74, 6) is 0.250. The molecule has 0 spiro atoms. The molecule has 2 aromatic rings. The van der Waals surface area contributed by atoms with Crippen LogP contribution in [0.15, 0.2) is 30.5 Å². The molecule has 21 heavy (non-hydrogen) atoms. The van der Waals surface area contributed by atoms with Gasteiger partial charge in [-0.1, -0.05) is 18.2 Å². The summed E-state index contributed by atoms with van der Waals surface area (Å²) >= 11 is 0. The largest absolute Gasteiger partial charge is 0.361 e. The van der Waals surface area contributed by atoms with Gasteiger partial charge in [0.05, 0.1) is 0 Å². The number of nitrogens with one attached hydrogen (secondary N) is 1. The Balaban J connectivity index is 1.63. The molecule has 1 aromatic carbocycles. The number of nitrogens with two attached hydrogens (primary N) is 1. The maximum absolute atomic E-state index is 12.4. The van der Waals surface area contributed by atoms with Crippen molar-refractivity contribution in [3.63, 3.8) is 0 Å². The van der Waals surface area contributed by atoms with Crippen molar-refractivity contribution in [3.8, 4) is 0 Å². The third-order valence-electron chi connectivity index (χ3n) is 4.52. The minimum absolute atomic E-state index is 0.248. The fourth-order valence-corrected chi connectivity index (χ4v) is 3.30. The first kappa shape index (κ1) is 14.1. The summed E-state index contributed by atoms with van der Waals surface area (Å²) < 4.78 is 0. The highest BCUT2D eigenvalue weighted by atomic mass is 16.2. The molecule has 112 valence electrons. The standard InChI is InChI=1S/C17H23N3O/c1-12-10-14(18)8-9-20(12)17(21)7-6-13-11-19-16-5-3-2-4-15(13)16/h2-5,11-12,14,19H,6-10,18H2,1H3. The molecule has 0 aliphatic carbocycles. The Kier molecular flexibility index (Phi) is 3.97. The van der Waals surface area contributed by atoms with Crippen LogP contribution in [0.5, 0.6) is 0 Å². The number of para-hydroxylation sites is 1. The monoisotopic (exact) mass is 285 g/mol. The predicted molar refractivity (Wildman–Crippen MR) is 85.0 cm³/mol. The molecular formula is C17H23N3O. The summed E-state index contributed by atoms with van der Waals surface area (Å²) in [4.78, 5) is 17.7. The van der Waals surface area contributed by atoms with Crippen molar-refractivity contribution >= 4 is 16.8 Å². The molecule has 2 unspecified atom stereocenters. The number of carbonyl (C=O) groups is 1. The number of fused-ring (bicyclic) bond motifs is 1. The van der Waals surface area contributed by atoms with E-state index in [1.807, 2.05) is 23.2 Å².